The smallest absolute Gasteiger partial charge is 0.437 e. The zero-order valence-electron chi connectivity index (χ0n) is 14.8. The van der Waals surface area contributed by atoms with Crippen LogP contribution in [0.15, 0.2) is 57.7 Å². The molecule has 0 bridgehead atoms. The van der Waals surface area contributed by atoms with E-state index < -0.39 is 30.8 Å². The van der Waals surface area contributed by atoms with Crippen LogP contribution in [0, 0.1) is 6.92 Å². The van der Waals surface area contributed by atoms with E-state index in [0.29, 0.717) is 16.3 Å². The summed E-state index contributed by atoms with van der Waals surface area (Å²) in [4.78, 5) is 35.7. The molecule has 3 aromatic rings. The van der Waals surface area contributed by atoms with Crippen LogP contribution in [-0.2, 0) is 20.9 Å². The fraction of sp³-hybridized carbons (Fsp3) is 0.158. The Kier molecular flexibility index (Phi) is 5.90. The average Bonchev–Trinajstić information content (AvgIpc) is 3.04. The molecular formula is C19H16ClN3O5. The van der Waals surface area contributed by atoms with Gasteiger partial charge in [0.1, 0.15) is 6.54 Å². The lowest BCUT2D eigenvalue weighted by molar-refractivity contribution is -0.148. The van der Waals surface area contributed by atoms with Gasteiger partial charge in [-0.3, -0.25) is 9.59 Å². The minimum Gasteiger partial charge on any atom is -0.454 e. The van der Waals surface area contributed by atoms with Crippen molar-refractivity contribution >= 4 is 29.2 Å². The minimum absolute atomic E-state index is 0.0903. The van der Waals surface area contributed by atoms with E-state index in [1.54, 1.807) is 49.4 Å². The number of carbonyl (C=O) groups is 2. The number of benzene rings is 2. The number of esters is 1. The third kappa shape index (κ3) is 4.86. The Balaban J connectivity index is 1.56. The number of hydrogen-bond acceptors (Lipinski definition) is 6. The van der Waals surface area contributed by atoms with Crippen molar-refractivity contribution in [3.05, 3.63) is 69.7 Å². The van der Waals surface area contributed by atoms with Crippen molar-refractivity contribution in [2.24, 2.45) is 0 Å². The highest BCUT2D eigenvalue weighted by Crippen LogP contribution is 2.20. The second-order valence-electron chi connectivity index (χ2n) is 5.86. The maximum atomic E-state index is 12.0. The van der Waals surface area contributed by atoms with Gasteiger partial charge < -0.3 is 14.5 Å². The molecule has 1 amide bonds. The first kappa shape index (κ1) is 19.4. The summed E-state index contributed by atoms with van der Waals surface area (Å²) < 4.78 is 10.8. The van der Waals surface area contributed by atoms with Crippen LogP contribution in [0.3, 0.4) is 0 Å². The standard InChI is InChI=1S/C19H16ClN3O5/c1-12-7-8-14(20)9-15(12)21-16(24)11-27-17(25)10-23-19(26)28-18(22-23)13-5-3-2-4-6-13/h2-9H,10-11H2,1H3,(H,21,24). The maximum absolute atomic E-state index is 12.0. The van der Waals surface area contributed by atoms with Crippen molar-refractivity contribution in [1.29, 1.82) is 0 Å². The maximum Gasteiger partial charge on any atom is 0.437 e. The van der Waals surface area contributed by atoms with Crippen LogP contribution in [0.1, 0.15) is 5.56 Å². The third-order valence-electron chi connectivity index (χ3n) is 3.74. The van der Waals surface area contributed by atoms with E-state index in [-0.39, 0.29) is 5.89 Å². The summed E-state index contributed by atoms with van der Waals surface area (Å²) in [6.07, 6.45) is 0. The Labute approximate surface area is 164 Å². The SMILES string of the molecule is Cc1ccc(Cl)cc1NC(=O)COC(=O)Cn1nc(-c2ccccc2)oc1=O. The molecule has 0 spiro atoms. The lowest BCUT2D eigenvalue weighted by Crippen LogP contribution is -2.26. The Morgan fingerprint density at radius 2 is 1.96 bits per heavy atom. The number of aromatic nitrogens is 2. The molecule has 1 aromatic heterocycles. The zero-order valence-corrected chi connectivity index (χ0v) is 15.6. The normalized spacial score (nSPS) is 10.5. The number of carbonyl (C=O) groups excluding carboxylic acids is 2. The first-order valence-electron chi connectivity index (χ1n) is 8.27. The van der Waals surface area contributed by atoms with Crippen molar-refractivity contribution in [2.75, 3.05) is 11.9 Å². The first-order chi connectivity index (χ1) is 13.4. The number of rotatable bonds is 6. The van der Waals surface area contributed by atoms with Crippen LogP contribution < -0.4 is 11.1 Å². The number of amides is 1. The molecule has 0 saturated heterocycles. The van der Waals surface area contributed by atoms with E-state index in [1.165, 1.54) is 0 Å². The number of aryl methyl sites for hydroxylation is 1. The quantitative estimate of drug-likeness (QED) is 0.637. The predicted molar refractivity (Wildman–Crippen MR) is 102 cm³/mol. The van der Waals surface area contributed by atoms with E-state index in [2.05, 4.69) is 10.4 Å². The van der Waals surface area contributed by atoms with Crippen LogP contribution in [-0.4, -0.2) is 28.3 Å². The molecule has 2 aromatic carbocycles. The van der Waals surface area contributed by atoms with E-state index >= 15 is 0 Å². The molecule has 0 radical (unpaired) electrons. The summed E-state index contributed by atoms with van der Waals surface area (Å²) in [6, 6.07) is 13.8. The Morgan fingerprint density at radius 3 is 2.71 bits per heavy atom. The van der Waals surface area contributed by atoms with Gasteiger partial charge in [-0.2, -0.15) is 4.68 Å². The van der Waals surface area contributed by atoms with Crippen LogP contribution in [0.5, 0.6) is 0 Å². The van der Waals surface area contributed by atoms with E-state index in [1.807, 2.05) is 6.07 Å². The second kappa shape index (κ2) is 8.53. The van der Waals surface area contributed by atoms with Crippen molar-refractivity contribution in [2.45, 2.75) is 13.5 Å². The van der Waals surface area contributed by atoms with Crippen LogP contribution in [0.4, 0.5) is 5.69 Å². The summed E-state index contributed by atoms with van der Waals surface area (Å²) in [5.74, 6) is -2.04. The van der Waals surface area contributed by atoms with Gasteiger partial charge in [-0.25, -0.2) is 4.79 Å². The van der Waals surface area contributed by atoms with Gasteiger partial charge in [0.05, 0.1) is 0 Å². The van der Waals surface area contributed by atoms with E-state index in [9.17, 15) is 14.4 Å². The minimum atomic E-state index is -0.798. The van der Waals surface area contributed by atoms with Gasteiger partial charge >= 0.3 is 11.7 Å². The zero-order chi connectivity index (χ0) is 20.1. The monoisotopic (exact) mass is 401 g/mol. The summed E-state index contributed by atoms with van der Waals surface area (Å²) >= 11 is 5.89. The Bertz CT molecular complexity index is 1060. The summed E-state index contributed by atoms with van der Waals surface area (Å²) in [6.45, 7) is 0.820. The van der Waals surface area contributed by atoms with E-state index in [0.717, 1.165) is 10.2 Å². The fourth-order valence-electron chi connectivity index (χ4n) is 2.33. The molecule has 28 heavy (non-hydrogen) atoms. The number of halogens is 1. The van der Waals surface area contributed by atoms with Gasteiger partial charge in [-0.15, -0.1) is 5.10 Å². The van der Waals surface area contributed by atoms with Crippen molar-refractivity contribution in [3.8, 4) is 11.5 Å². The van der Waals surface area contributed by atoms with Gasteiger partial charge in [0.2, 0.25) is 5.89 Å². The third-order valence-corrected chi connectivity index (χ3v) is 3.98. The molecule has 8 nitrogen and oxygen atoms in total. The number of nitrogens with zero attached hydrogens (tertiary/aromatic N) is 2. The predicted octanol–water partition coefficient (Wildman–Crippen LogP) is 2.65. The first-order valence-corrected chi connectivity index (χ1v) is 8.65. The molecule has 0 saturated carbocycles. The summed E-state index contributed by atoms with van der Waals surface area (Å²) in [5.41, 5.74) is 1.93. The fourth-order valence-corrected chi connectivity index (χ4v) is 2.50. The highest BCUT2D eigenvalue weighted by molar-refractivity contribution is 6.31. The van der Waals surface area contributed by atoms with Gasteiger partial charge in [0.15, 0.2) is 6.61 Å². The number of hydrogen-bond donors (Lipinski definition) is 1. The van der Waals surface area contributed by atoms with Crippen molar-refractivity contribution < 1.29 is 18.7 Å². The lowest BCUT2D eigenvalue weighted by atomic mass is 10.2. The van der Waals surface area contributed by atoms with Crippen molar-refractivity contribution in [3.63, 3.8) is 0 Å². The topological polar surface area (TPSA) is 103 Å². The lowest BCUT2D eigenvalue weighted by Gasteiger charge is -2.09. The molecule has 0 aliphatic rings. The van der Waals surface area contributed by atoms with E-state index in [4.69, 9.17) is 20.8 Å². The van der Waals surface area contributed by atoms with Crippen LogP contribution in [0.2, 0.25) is 5.02 Å². The molecular weight excluding hydrogens is 386 g/mol. The molecule has 3 rings (SSSR count). The summed E-state index contributed by atoms with van der Waals surface area (Å²) in [5, 5.41) is 7.03. The van der Waals surface area contributed by atoms with Crippen LogP contribution in [0.25, 0.3) is 11.5 Å². The number of anilines is 1. The molecule has 1 N–H and O–H groups in total. The molecule has 1 heterocycles. The molecule has 0 atom stereocenters. The highest BCUT2D eigenvalue weighted by Gasteiger charge is 2.15. The Morgan fingerprint density at radius 1 is 1.21 bits per heavy atom. The van der Waals surface area contributed by atoms with Gasteiger partial charge in [-0.05, 0) is 36.8 Å². The van der Waals surface area contributed by atoms with Gasteiger partial charge in [0.25, 0.3) is 5.91 Å². The highest BCUT2D eigenvalue weighted by atomic mass is 35.5. The molecule has 144 valence electrons. The molecule has 0 fully saturated rings. The average molecular weight is 402 g/mol. The number of nitrogens with one attached hydrogen (secondary N) is 1. The largest absolute Gasteiger partial charge is 0.454 e. The second-order valence-corrected chi connectivity index (χ2v) is 6.30. The molecule has 0 unspecified atom stereocenters. The van der Waals surface area contributed by atoms with Gasteiger partial charge in [0, 0.05) is 16.3 Å². The van der Waals surface area contributed by atoms with Crippen LogP contribution >= 0.6 is 11.6 Å². The van der Waals surface area contributed by atoms with Crippen molar-refractivity contribution in [1.82, 2.24) is 9.78 Å². The number of ether oxygens (including phenoxy) is 1. The molecule has 9 heteroatoms. The van der Waals surface area contributed by atoms with Gasteiger partial charge in [-0.1, -0.05) is 35.9 Å². The Hall–Kier alpha value is -3.39. The molecule has 0 aliphatic carbocycles. The molecule has 0 aliphatic heterocycles. The summed E-state index contributed by atoms with van der Waals surface area (Å²) in [7, 11) is 0.